The van der Waals surface area contributed by atoms with Gasteiger partial charge in [-0.15, -0.1) is 0 Å². The molecule has 0 aliphatic rings. The molecular weight excluding hydrogens is 292 g/mol. The first-order chi connectivity index (χ1) is 8.36. The number of rotatable bonds is 6. The highest BCUT2D eigenvalue weighted by Gasteiger charge is 2.22. The van der Waals surface area contributed by atoms with Crippen molar-refractivity contribution >= 4 is 15.9 Å². The van der Waals surface area contributed by atoms with Crippen LogP contribution in [0.1, 0.15) is 31.9 Å². The first-order valence-electron chi connectivity index (χ1n) is 6.20. The molecule has 0 saturated heterocycles. The molecule has 1 rings (SSSR count). The van der Waals surface area contributed by atoms with Crippen molar-refractivity contribution in [2.24, 2.45) is 5.73 Å². The number of hydrogen-bond acceptors (Lipinski definition) is 3. The van der Waals surface area contributed by atoms with E-state index >= 15 is 0 Å². The lowest BCUT2D eigenvalue weighted by molar-refractivity contribution is 0.0767. The van der Waals surface area contributed by atoms with E-state index in [0.717, 1.165) is 23.0 Å². The molecule has 1 atom stereocenters. The Balaban J connectivity index is 2.54. The molecule has 1 unspecified atom stereocenters. The topological polar surface area (TPSA) is 49.5 Å². The number of nitrogens with zero attached hydrogens (tertiary/aromatic N) is 1. The van der Waals surface area contributed by atoms with Crippen LogP contribution in [0.5, 0.6) is 0 Å². The average molecular weight is 315 g/mol. The lowest BCUT2D eigenvalue weighted by Gasteiger charge is -2.34. The Morgan fingerprint density at radius 2 is 2.11 bits per heavy atom. The fraction of sp³-hybridized carbons (Fsp3) is 0.571. The smallest absolute Gasteiger partial charge is 0.0609 e. The summed E-state index contributed by atoms with van der Waals surface area (Å²) in [5.74, 6) is 0. The third-order valence-corrected chi connectivity index (χ3v) is 3.97. The van der Waals surface area contributed by atoms with E-state index in [1.807, 2.05) is 39.1 Å². The Labute approximate surface area is 118 Å². The molecule has 1 aromatic rings. The first kappa shape index (κ1) is 15.6. The van der Waals surface area contributed by atoms with Crippen LogP contribution in [0.4, 0.5) is 0 Å². The zero-order chi connectivity index (χ0) is 13.8. The van der Waals surface area contributed by atoms with Gasteiger partial charge in [0, 0.05) is 22.6 Å². The summed E-state index contributed by atoms with van der Waals surface area (Å²) in [6, 6.07) is 8.13. The maximum Gasteiger partial charge on any atom is 0.0609 e. The second-order valence-electron chi connectivity index (χ2n) is 5.34. The molecule has 0 amide bonds. The second kappa shape index (κ2) is 6.66. The number of nitrogens with two attached hydrogens (primary N) is 1. The summed E-state index contributed by atoms with van der Waals surface area (Å²) in [5.41, 5.74) is 7.13. The maximum atomic E-state index is 9.30. The van der Waals surface area contributed by atoms with Gasteiger partial charge in [0.25, 0.3) is 0 Å². The van der Waals surface area contributed by atoms with Crippen molar-refractivity contribution in [2.75, 3.05) is 20.2 Å². The number of aliphatic hydroxyl groups is 1. The zero-order valence-electron chi connectivity index (χ0n) is 11.4. The van der Waals surface area contributed by atoms with Crippen LogP contribution in [-0.4, -0.2) is 35.7 Å². The molecule has 0 radical (unpaired) electrons. The molecule has 4 heteroatoms. The molecule has 0 heterocycles. The molecule has 0 aliphatic carbocycles. The quantitative estimate of drug-likeness (QED) is 0.848. The maximum absolute atomic E-state index is 9.30. The number of likely N-dealkylation sites (N-methyl/N-ethyl adjacent to an activating group) is 1. The Morgan fingerprint density at radius 3 is 2.67 bits per heavy atom. The monoisotopic (exact) mass is 314 g/mol. The summed E-state index contributed by atoms with van der Waals surface area (Å²) in [7, 11) is 2.02. The van der Waals surface area contributed by atoms with Crippen LogP contribution in [0.3, 0.4) is 0 Å². The molecule has 0 saturated carbocycles. The van der Waals surface area contributed by atoms with Gasteiger partial charge in [-0.1, -0.05) is 28.1 Å². The largest absolute Gasteiger partial charge is 0.394 e. The minimum absolute atomic E-state index is 0.0273. The zero-order valence-corrected chi connectivity index (χ0v) is 12.9. The van der Waals surface area contributed by atoms with E-state index in [2.05, 4.69) is 26.9 Å². The highest BCUT2D eigenvalue weighted by molar-refractivity contribution is 9.10. The summed E-state index contributed by atoms with van der Waals surface area (Å²) in [6.45, 7) is 5.06. The molecule has 0 spiro atoms. The van der Waals surface area contributed by atoms with Crippen LogP contribution in [0.25, 0.3) is 0 Å². The summed E-state index contributed by atoms with van der Waals surface area (Å²) in [6.07, 6.45) is 0.871. The van der Waals surface area contributed by atoms with Gasteiger partial charge in [-0.3, -0.25) is 4.90 Å². The Kier molecular flexibility index (Phi) is 5.79. The average Bonchev–Trinajstić information content (AvgIpc) is 2.35. The molecular formula is C14H23BrN2O. The predicted molar refractivity (Wildman–Crippen MR) is 79.5 cm³/mol. The summed E-state index contributed by atoms with van der Waals surface area (Å²) < 4.78 is 1.06. The van der Waals surface area contributed by atoms with Gasteiger partial charge in [-0.2, -0.15) is 0 Å². The van der Waals surface area contributed by atoms with Crippen LogP contribution in [0.15, 0.2) is 28.7 Å². The van der Waals surface area contributed by atoms with Gasteiger partial charge in [-0.05, 0) is 45.0 Å². The fourth-order valence-corrected chi connectivity index (χ4v) is 2.08. The van der Waals surface area contributed by atoms with Gasteiger partial charge >= 0.3 is 0 Å². The van der Waals surface area contributed by atoms with E-state index in [-0.39, 0.29) is 18.2 Å². The van der Waals surface area contributed by atoms with Gasteiger partial charge in [0.2, 0.25) is 0 Å². The molecule has 102 valence electrons. The first-order valence-corrected chi connectivity index (χ1v) is 6.99. The minimum atomic E-state index is -0.197. The number of aliphatic hydroxyl groups excluding tert-OH is 1. The van der Waals surface area contributed by atoms with E-state index in [0.29, 0.717) is 0 Å². The van der Waals surface area contributed by atoms with Crippen molar-refractivity contribution in [3.05, 3.63) is 34.3 Å². The van der Waals surface area contributed by atoms with Gasteiger partial charge in [0.1, 0.15) is 0 Å². The molecule has 1 aromatic carbocycles. The fourth-order valence-electron chi connectivity index (χ4n) is 1.66. The molecule has 0 bridgehead atoms. The lowest BCUT2D eigenvalue weighted by Crippen LogP contribution is -2.45. The van der Waals surface area contributed by atoms with E-state index in [9.17, 15) is 5.11 Å². The summed E-state index contributed by atoms with van der Waals surface area (Å²) in [4.78, 5) is 2.14. The van der Waals surface area contributed by atoms with Crippen molar-refractivity contribution in [2.45, 2.75) is 31.8 Å². The minimum Gasteiger partial charge on any atom is -0.394 e. The van der Waals surface area contributed by atoms with E-state index in [1.54, 1.807) is 0 Å². The highest BCUT2D eigenvalue weighted by Crippen LogP contribution is 2.20. The normalized spacial score (nSPS) is 13.9. The van der Waals surface area contributed by atoms with Crippen molar-refractivity contribution in [1.29, 1.82) is 0 Å². The molecule has 0 aromatic heterocycles. The number of halogens is 1. The predicted octanol–water partition coefficient (Wildman–Crippen LogP) is 2.54. The lowest BCUT2D eigenvalue weighted by atomic mass is 10.0. The van der Waals surface area contributed by atoms with Crippen molar-refractivity contribution in [3.63, 3.8) is 0 Å². The van der Waals surface area contributed by atoms with Crippen molar-refractivity contribution in [1.82, 2.24) is 4.90 Å². The van der Waals surface area contributed by atoms with E-state index in [4.69, 9.17) is 5.73 Å². The van der Waals surface area contributed by atoms with Crippen LogP contribution < -0.4 is 5.73 Å². The van der Waals surface area contributed by atoms with E-state index < -0.39 is 0 Å². The summed E-state index contributed by atoms with van der Waals surface area (Å²) >= 11 is 3.45. The Hall–Kier alpha value is -0.420. The van der Waals surface area contributed by atoms with Gasteiger partial charge in [0.15, 0.2) is 0 Å². The van der Waals surface area contributed by atoms with Crippen LogP contribution in [-0.2, 0) is 0 Å². The molecule has 3 nitrogen and oxygen atoms in total. The molecule has 0 fully saturated rings. The second-order valence-corrected chi connectivity index (χ2v) is 6.26. The standard InChI is InChI=1S/C14H23BrN2O/c1-14(2,10-18)17(3)8-7-13(16)11-5-4-6-12(15)9-11/h4-6,9,13,18H,7-8,10,16H2,1-3H3. The SMILES string of the molecule is CN(CCC(N)c1cccc(Br)c1)C(C)(C)CO. The van der Waals surface area contributed by atoms with Gasteiger partial charge in [-0.25, -0.2) is 0 Å². The molecule has 0 aliphatic heterocycles. The van der Waals surface area contributed by atoms with Crippen molar-refractivity contribution < 1.29 is 5.11 Å². The van der Waals surface area contributed by atoms with Crippen LogP contribution >= 0.6 is 15.9 Å². The molecule has 18 heavy (non-hydrogen) atoms. The van der Waals surface area contributed by atoms with Gasteiger partial charge in [0.05, 0.1) is 6.61 Å². The van der Waals surface area contributed by atoms with Crippen LogP contribution in [0.2, 0.25) is 0 Å². The van der Waals surface area contributed by atoms with Crippen molar-refractivity contribution in [3.8, 4) is 0 Å². The van der Waals surface area contributed by atoms with Crippen LogP contribution in [0, 0.1) is 0 Å². The third-order valence-electron chi connectivity index (χ3n) is 3.47. The van der Waals surface area contributed by atoms with E-state index in [1.165, 1.54) is 0 Å². The highest BCUT2D eigenvalue weighted by atomic mass is 79.9. The molecule has 3 N–H and O–H groups in total. The Morgan fingerprint density at radius 1 is 1.44 bits per heavy atom. The number of hydrogen-bond donors (Lipinski definition) is 2. The Bertz CT molecular complexity index is 382. The van der Waals surface area contributed by atoms with Gasteiger partial charge < -0.3 is 10.8 Å². The number of benzene rings is 1. The summed E-state index contributed by atoms with van der Waals surface area (Å²) in [5, 5.41) is 9.30. The third kappa shape index (κ3) is 4.35.